The monoisotopic (exact) mass is 238 g/mol. The first-order chi connectivity index (χ1) is 8.25. The molecule has 2 fully saturated rings. The first kappa shape index (κ1) is 13.4. The van der Waals surface area contributed by atoms with Crippen LogP contribution in [0.5, 0.6) is 0 Å². The van der Waals surface area contributed by atoms with Gasteiger partial charge in [0.15, 0.2) is 0 Å². The molecule has 1 N–H and O–H groups in total. The van der Waals surface area contributed by atoms with Crippen LogP contribution < -0.4 is 5.32 Å². The molecule has 1 heterocycles. The zero-order valence-electron chi connectivity index (χ0n) is 11.8. The zero-order chi connectivity index (χ0) is 12.1. The Morgan fingerprint density at radius 2 is 1.94 bits per heavy atom. The van der Waals surface area contributed by atoms with Crippen LogP contribution in [0.15, 0.2) is 0 Å². The van der Waals surface area contributed by atoms with E-state index in [-0.39, 0.29) is 0 Å². The van der Waals surface area contributed by atoms with Gasteiger partial charge in [-0.05, 0) is 45.1 Å². The Morgan fingerprint density at radius 1 is 1.06 bits per heavy atom. The molecular formula is C15H30N2. The standard InChI is InChI=1S/C15H30N2/c1-13-6-5-8-15(12-13)16-9-11-17-10-4-3-7-14(17)2/h13-16H,3-12H2,1-2H3. The second-order valence-corrected chi connectivity index (χ2v) is 6.30. The molecule has 17 heavy (non-hydrogen) atoms. The summed E-state index contributed by atoms with van der Waals surface area (Å²) in [6.45, 7) is 8.57. The van der Waals surface area contributed by atoms with Gasteiger partial charge in [0, 0.05) is 25.2 Å². The lowest BCUT2D eigenvalue weighted by atomic mass is 9.87. The number of nitrogens with one attached hydrogen (secondary N) is 1. The van der Waals surface area contributed by atoms with Gasteiger partial charge in [0.2, 0.25) is 0 Å². The van der Waals surface area contributed by atoms with Gasteiger partial charge in [0.1, 0.15) is 0 Å². The van der Waals surface area contributed by atoms with Gasteiger partial charge >= 0.3 is 0 Å². The van der Waals surface area contributed by atoms with Crippen LogP contribution in [0, 0.1) is 5.92 Å². The van der Waals surface area contributed by atoms with Gasteiger partial charge in [0.05, 0.1) is 0 Å². The van der Waals surface area contributed by atoms with Gasteiger partial charge in [-0.25, -0.2) is 0 Å². The Labute approximate surface area is 107 Å². The minimum Gasteiger partial charge on any atom is -0.313 e. The van der Waals surface area contributed by atoms with E-state index in [4.69, 9.17) is 0 Å². The molecule has 2 rings (SSSR count). The van der Waals surface area contributed by atoms with Crippen LogP contribution in [0.3, 0.4) is 0 Å². The van der Waals surface area contributed by atoms with Crippen molar-refractivity contribution in [3.05, 3.63) is 0 Å². The highest BCUT2D eigenvalue weighted by Gasteiger charge is 2.20. The molecule has 2 nitrogen and oxygen atoms in total. The second-order valence-electron chi connectivity index (χ2n) is 6.30. The summed E-state index contributed by atoms with van der Waals surface area (Å²) in [5, 5.41) is 3.78. The number of hydrogen-bond donors (Lipinski definition) is 1. The SMILES string of the molecule is CC1CCCC(NCCN2CCCCC2C)C1. The van der Waals surface area contributed by atoms with E-state index < -0.39 is 0 Å². The van der Waals surface area contributed by atoms with Crippen molar-refractivity contribution >= 4 is 0 Å². The van der Waals surface area contributed by atoms with E-state index in [9.17, 15) is 0 Å². The predicted octanol–water partition coefficient (Wildman–Crippen LogP) is 3.03. The van der Waals surface area contributed by atoms with Crippen molar-refractivity contribution in [2.75, 3.05) is 19.6 Å². The van der Waals surface area contributed by atoms with Crippen molar-refractivity contribution in [2.45, 2.75) is 70.9 Å². The van der Waals surface area contributed by atoms with E-state index in [2.05, 4.69) is 24.1 Å². The minimum atomic E-state index is 0.804. The van der Waals surface area contributed by atoms with E-state index in [1.54, 1.807) is 0 Å². The quantitative estimate of drug-likeness (QED) is 0.810. The molecule has 0 bridgehead atoms. The van der Waals surface area contributed by atoms with E-state index in [0.717, 1.165) is 18.0 Å². The maximum Gasteiger partial charge on any atom is 0.0110 e. The number of rotatable bonds is 4. The highest BCUT2D eigenvalue weighted by Crippen LogP contribution is 2.23. The number of hydrogen-bond acceptors (Lipinski definition) is 2. The van der Waals surface area contributed by atoms with Crippen molar-refractivity contribution in [1.82, 2.24) is 10.2 Å². The maximum atomic E-state index is 3.78. The van der Waals surface area contributed by atoms with Crippen LogP contribution in [-0.4, -0.2) is 36.6 Å². The highest BCUT2D eigenvalue weighted by molar-refractivity contribution is 4.78. The molecule has 100 valence electrons. The maximum absolute atomic E-state index is 3.78. The van der Waals surface area contributed by atoms with Crippen LogP contribution >= 0.6 is 0 Å². The van der Waals surface area contributed by atoms with Crippen LogP contribution in [-0.2, 0) is 0 Å². The van der Waals surface area contributed by atoms with Gasteiger partial charge < -0.3 is 5.32 Å². The van der Waals surface area contributed by atoms with Crippen molar-refractivity contribution < 1.29 is 0 Å². The molecule has 3 unspecified atom stereocenters. The average Bonchev–Trinajstić information content (AvgIpc) is 2.32. The molecule has 3 atom stereocenters. The van der Waals surface area contributed by atoms with Gasteiger partial charge in [0.25, 0.3) is 0 Å². The number of likely N-dealkylation sites (tertiary alicyclic amines) is 1. The van der Waals surface area contributed by atoms with Gasteiger partial charge in [-0.15, -0.1) is 0 Å². The molecule has 0 radical (unpaired) electrons. The van der Waals surface area contributed by atoms with Crippen LogP contribution in [0.25, 0.3) is 0 Å². The normalized spacial score (nSPS) is 36.0. The lowest BCUT2D eigenvalue weighted by molar-refractivity contribution is 0.157. The predicted molar refractivity (Wildman–Crippen MR) is 74.3 cm³/mol. The summed E-state index contributed by atoms with van der Waals surface area (Å²) in [6.07, 6.45) is 9.92. The largest absolute Gasteiger partial charge is 0.313 e. The summed E-state index contributed by atoms with van der Waals surface area (Å²) in [6, 6.07) is 1.62. The minimum absolute atomic E-state index is 0.804. The van der Waals surface area contributed by atoms with E-state index in [1.807, 2.05) is 0 Å². The zero-order valence-corrected chi connectivity index (χ0v) is 11.8. The number of nitrogens with zero attached hydrogens (tertiary/aromatic N) is 1. The Kier molecular flexibility index (Phi) is 5.30. The molecule has 1 saturated heterocycles. The molecule has 0 amide bonds. The van der Waals surface area contributed by atoms with Crippen molar-refractivity contribution in [3.8, 4) is 0 Å². The molecule has 0 aromatic heterocycles. The van der Waals surface area contributed by atoms with E-state index >= 15 is 0 Å². The summed E-state index contributed by atoms with van der Waals surface area (Å²) in [4.78, 5) is 2.67. The summed E-state index contributed by atoms with van der Waals surface area (Å²) >= 11 is 0. The summed E-state index contributed by atoms with van der Waals surface area (Å²) < 4.78 is 0. The van der Waals surface area contributed by atoms with E-state index in [0.29, 0.717) is 0 Å². The average molecular weight is 238 g/mol. The second kappa shape index (κ2) is 6.75. The fraction of sp³-hybridized carbons (Fsp3) is 1.00. The molecule has 0 aromatic carbocycles. The molecule has 1 aliphatic heterocycles. The Bertz CT molecular complexity index is 217. The third-order valence-electron chi connectivity index (χ3n) is 4.71. The Hall–Kier alpha value is -0.0800. The number of piperidine rings is 1. The third-order valence-corrected chi connectivity index (χ3v) is 4.71. The van der Waals surface area contributed by atoms with Crippen molar-refractivity contribution in [3.63, 3.8) is 0 Å². The van der Waals surface area contributed by atoms with Gasteiger partial charge in [-0.2, -0.15) is 0 Å². The summed E-state index contributed by atoms with van der Waals surface area (Å²) in [7, 11) is 0. The third kappa shape index (κ3) is 4.26. The smallest absolute Gasteiger partial charge is 0.0110 e. The first-order valence-corrected chi connectivity index (χ1v) is 7.73. The van der Waals surface area contributed by atoms with Crippen LogP contribution in [0.2, 0.25) is 0 Å². The Morgan fingerprint density at radius 3 is 2.71 bits per heavy atom. The summed E-state index contributed by atoms with van der Waals surface area (Å²) in [5.74, 6) is 0.940. The van der Waals surface area contributed by atoms with E-state index in [1.165, 1.54) is 64.6 Å². The van der Waals surface area contributed by atoms with Gasteiger partial charge in [-0.1, -0.05) is 26.2 Å². The fourth-order valence-electron chi connectivity index (χ4n) is 3.52. The summed E-state index contributed by atoms with van der Waals surface area (Å²) in [5.41, 5.74) is 0. The van der Waals surface area contributed by atoms with Crippen molar-refractivity contribution in [2.24, 2.45) is 5.92 Å². The lowest BCUT2D eigenvalue weighted by Gasteiger charge is -2.34. The molecule has 2 aliphatic rings. The molecule has 0 spiro atoms. The van der Waals surface area contributed by atoms with Crippen LogP contribution in [0.4, 0.5) is 0 Å². The topological polar surface area (TPSA) is 15.3 Å². The molecule has 1 aliphatic carbocycles. The Balaban J connectivity index is 1.61. The van der Waals surface area contributed by atoms with Gasteiger partial charge in [-0.3, -0.25) is 4.90 Å². The van der Waals surface area contributed by atoms with Crippen molar-refractivity contribution in [1.29, 1.82) is 0 Å². The highest BCUT2D eigenvalue weighted by atomic mass is 15.2. The molecule has 2 heteroatoms. The van der Waals surface area contributed by atoms with Crippen LogP contribution in [0.1, 0.15) is 58.8 Å². The molecular weight excluding hydrogens is 208 g/mol. The lowest BCUT2D eigenvalue weighted by Crippen LogP contribution is -2.44. The molecule has 1 saturated carbocycles. The molecule has 0 aromatic rings. The first-order valence-electron chi connectivity index (χ1n) is 7.73. The fourth-order valence-corrected chi connectivity index (χ4v) is 3.52.